The second-order valence-corrected chi connectivity index (χ2v) is 6.20. The molecule has 124 valence electrons. The van der Waals surface area contributed by atoms with E-state index in [0.29, 0.717) is 5.52 Å². The second kappa shape index (κ2) is 5.44. The Bertz CT molecular complexity index is 1040. The average Bonchev–Trinajstić information content (AvgIpc) is 3.29. The predicted octanol–water partition coefficient (Wildman–Crippen LogP) is 3.35. The van der Waals surface area contributed by atoms with E-state index in [2.05, 4.69) is 32.1 Å². The molecule has 1 aliphatic heterocycles. The molecule has 6 heteroatoms. The van der Waals surface area contributed by atoms with Crippen LogP contribution in [0.4, 0.5) is 10.1 Å². The molecule has 4 heterocycles. The van der Waals surface area contributed by atoms with Crippen molar-refractivity contribution < 1.29 is 4.39 Å². The Labute approximate surface area is 143 Å². The smallest absolute Gasteiger partial charge is 0.148 e. The van der Waals surface area contributed by atoms with Gasteiger partial charge in [-0.3, -0.25) is 0 Å². The Morgan fingerprint density at radius 3 is 2.84 bits per heavy atom. The summed E-state index contributed by atoms with van der Waals surface area (Å²) in [5.74, 6) is -0.273. The maximum atomic E-state index is 14.1. The lowest BCUT2D eigenvalue weighted by Gasteiger charge is -2.35. The highest BCUT2D eigenvalue weighted by atomic mass is 19.1. The van der Waals surface area contributed by atoms with Crippen LogP contribution in [-0.4, -0.2) is 26.1 Å². The van der Waals surface area contributed by atoms with Crippen molar-refractivity contribution in [2.24, 2.45) is 0 Å². The largest absolute Gasteiger partial charge is 0.357 e. The maximum Gasteiger partial charge on any atom is 0.148 e. The Hall–Kier alpha value is -3.15. The van der Waals surface area contributed by atoms with Gasteiger partial charge in [0.1, 0.15) is 17.4 Å². The van der Waals surface area contributed by atoms with Crippen molar-refractivity contribution in [3.63, 3.8) is 0 Å². The number of benzene rings is 1. The fraction of sp³-hybridized carbons (Fsp3) is 0.158. The molecule has 5 rings (SSSR count). The van der Waals surface area contributed by atoms with Gasteiger partial charge in [0.15, 0.2) is 0 Å². The first-order valence-electron chi connectivity index (χ1n) is 8.29. The Balaban J connectivity index is 1.70. The molecule has 4 aromatic rings. The first-order chi connectivity index (χ1) is 12.3. The zero-order chi connectivity index (χ0) is 16.8. The van der Waals surface area contributed by atoms with Crippen LogP contribution in [0.2, 0.25) is 0 Å². The first kappa shape index (κ1) is 14.2. The molecule has 1 aliphatic rings. The molecule has 0 saturated carbocycles. The number of halogens is 1. The molecule has 0 spiro atoms. The normalized spacial score (nSPS) is 17.0. The quantitative estimate of drug-likeness (QED) is 0.612. The van der Waals surface area contributed by atoms with Crippen LogP contribution in [0.25, 0.3) is 5.52 Å². The SMILES string of the molecule is Fc1cccn2nc(C3c4nc[nH]c4CCN3c3ccccc3)cc12. The number of hydrogen-bond donors (Lipinski definition) is 1. The van der Waals surface area contributed by atoms with Crippen molar-refractivity contribution in [2.45, 2.75) is 12.5 Å². The molecule has 3 aromatic heterocycles. The third kappa shape index (κ3) is 2.21. The number of H-pyrrole nitrogens is 1. The van der Waals surface area contributed by atoms with Crippen LogP contribution < -0.4 is 4.90 Å². The van der Waals surface area contributed by atoms with Crippen molar-refractivity contribution in [2.75, 3.05) is 11.4 Å². The third-order valence-corrected chi connectivity index (χ3v) is 4.76. The van der Waals surface area contributed by atoms with Gasteiger partial charge in [-0.25, -0.2) is 13.9 Å². The molecule has 0 amide bonds. The van der Waals surface area contributed by atoms with Gasteiger partial charge >= 0.3 is 0 Å². The molecule has 0 radical (unpaired) electrons. The van der Waals surface area contributed by atoms with E-state index < -0.39 is 0 Å². The molecule has 0 bridgehead atoms. The standard InChI is InChI=1S/C19H16FN5/c20-14-7-4-9-25-17(14)11-16(23-25)19-18-15(21-12-22-18)8-10-24(19)13-5-2-1-3-6-13/h1-7,9,11-12,19H,8,10H2,(H,21,22). The number of nitrogens with one attached hydrogen (secondary N) is 1. The number of nitrogens with zero attached hydrogens (tertiary/aromatic N) is 4. The number of aromatic amines is 1. The minimum absolute atomic E-state index is 0.142. The van der Waals surface area contributed by atoms with E-state index in [9.17, 15) is 4.39 Å². The minimum Gasteiger partial charge on any atom is -0.357 e. The topological polar surface area (TPSA) is 49.2 Å². The highest BCUT2D eigenvalue weighted by Crippen LogP contribution is 2.36. The number of para-hydroxylation sites is 1. The summed E-state index contributed by atoms with van der Waals surface area (Å²) in [6.45, 7) is 0.847. The van der Waals surface area contributed by atoms with Gasteiger partial charge in [0.2, 0.25) is 0 Å². The molecular formula is C19H16FN5. The summed E-state index contributed by atoms with van der Waals surface area (Å²) >= 11 is 0. The van der Waals surface area contributed by atoms with Crippen molar-refractivity contribution in [1.82, 2.24) is 19.6 Å². The number of pyridine rings is 1. The van der Waals surface area contributed by atoms with Crippen LogP contribution in [0.5, 0.6) is 0 Å². The van der Waals surface area contributed by atoms with Crippen molar-refractivity contribution in [3.05, 3.63) is 84.0 Å². The summed E-state index contributed by atoms with van der Waals surface area (Å²) < 4.78 is 15.7. The molecule has 0 fully saturated rings. The average molecular weight is 333 g/mol. The molecule has 25 heavy (non-hydrogen) atoms. The van der Waals surface area contributed by atoms with Crippen LogP contribution in [0.15, 0.2) is 61.1 Å². The minimum atomic E-state index is -0.273. The van der Waals surface area contributed by atoms with Crippen LogP contribution in [0.3, 0.4) is 0 Å². The van der Waals surface area contributed by atoms with E-state index in [0.717, 1.165) is 35.7 Å². The summed E-state index contributed by atoms with van der Waals surface area (Å²) in [6.07, 6.45) is 4.38. The van der Waals surface area contributed by atoms with Crippen LogP contribution >= 0.6 is 0 Å². The van der Waals surface area contributed by atoms with Gasteiger partial charge in [0.05, 0.1) is 17.7 Å². The highest BCUT2D eigenvalue weighted by Gasteiger charge is 2.33. The molecule has 1 aromatic carbocycles. The lowest BCUT2D eigenvalue weighted by Crippen LogP contribution is -2.36. The van der Waals surface area contributed by atoms with Gasteiger partial charge in [0, 0.05) is 30.5 Å². The number of imidazole rings is 1. The number of hydrogen-bond acceptors (Lipinski definition) is 3. The molecule has 0 saturated heterocycles. The van der Waals surface area contributed by atoms with Gasteiger partial charge in [-0.05, 0) is 30.3 Å². The Kier molecular flexibility index (Phi) is 3.09. The van der Waals surface area contributed by atoms with Gasteiger partial charge in [-0.15, -0.1) is 0 Å². The monoisotopic (exact) mass is 333 g/mol. The molecule has 5 nitrogen and oxygen atoms in total. The first-order valence-corrected chi connectivity index (χ1v) is 8.29. The van der Waals surface area contributed by atoms with E-state index in [1.54, 1.807) is 23.1 Å². The summed E-state index contributed by atoms with van der Waals surface area (Å²) in [7, 11) is 0. The number of aromatic nitrogens is 4. The summed E-state index contributed by atoms with van der Waals surface area (Å²) in [5, 5.41) is 4.63. The van der Waals surface area contributed by atoms with E-state index in [1.807, 2.05) is 24.3 Å². The molecular weight excluding hydrogens is 317 g/mol. The van der Waals surface area contributed by atoms with Crippen LogP contribution in [-0.2, 0) is 6.42 Å². The van der Waals surface area contributed by atoms with Crippen LogP contribution in [0, 0.1) is 5.82 Å². The Morgan fingerprint density at radius 1 is 1.12 bits per heavy atom. The number of rotatable bonds is 2. The van der Waals surface area contributed by atoms with Crippen molar-refractivity contribution >= 4 is 11.2 Å². The third-order valence-electron chi connectivity index (χ3n) is 4.76. The number of fused-ring (bicyclic) bond motifs is 2. The summed E-state index contributed by atoms with van der Waals surface area (Å²) in [6, 6.07) is 15.0. The van der Waals surface area contributed by atoms with Gasteiger partial charge < -0.3 is 9.88 Å². The fourth-order valence-electron chi connectivity index (χ4n) is 3.61. The van der Waals surface area contributed by atoms with E-state index in [4.69, 9.17) is 0 Å². The number of anilines is 1. The van der Waals surface area contributed by atoms with Gasteiger partial charge in [0.25, 0.3) is 0 Å². The molecule has 0 aliphatic carbocycles. The van der Waals surface area contributed by atoms with Gasteiger partial charge in [-0.1, -0.05) is 18.2 Å². The van der Waals surface area contributed by atoms with Gasteiger partial charge in [-0.2, -0.15) is 5.10 Å². The molecule has 1 N–H and O–H groups in total. The summed E-state index contributed by atoms with van der Waals surface area (Å²) in [5.41, 5.74) is 4.46. The zero-order valence-electron chi connectivity index (χ0n) is 13.4. The molecule has 1 unspecified atom stereocenters. The van der Waals surface area contributed by atoms with E-state index >= 15 is 0 Å². The van der Waals surface area contributed by atoms with Crippen molar-refractivity contribution in [3.8, 4) is 0 Å². The Morgan fingerprint density at radius 2 is 2.00 bits per heavy atom. The fourth-order valence-corrected chi connectivity index (χ4v) is 3.61. The van der Waals surface area contributed by atoms with Crippen molar-refractivity contribution in [1.29, 1.82) is 0 Å². The lowest BCUT2D eigenvalue weighted by atomic mass is 9.99. The van der Waals surface area contributed by atoms with Crippen LogP contribution in [0.1, 0.15) is 23.1 Å². The summed E-state index contributed by atoms with van der Waals surface area (Å²) in [4.78, 5) is 10.1. The van der Waals surface area contributed by atoms with E-state index in [1.165, 1.54) is 6.07 Å². The highest BCUT2D eigenvalue weighted by molar-refractivity contribution is 5.56. The van der Waals surface area contributed by atoms with E-state index in [-0.39, 0.29) is 11.9 Å². The predicted molar refractivity (Wildman–Crippen MR) is 93.1 cm³/mol. The maximum absolute atomic E-state index is 14.1. The molecule has 1 atom stereocenters. The lowest BCUT2D eigenvalue weighted by molar-refractivity contribution is 0.615. The zero-order valence-corrected chi connectivity index (χ0v) is 13.4. The second-order valence-electron chi connectivity index (χ2n) is 6.20.